The Kier molecular flexibility index (Phi) is 3.02. The molecule has 2 rings (SSSR count). The lowest BCUT2D eigenvalue weighted by molar-refractivity contribution is -0.133. The van der Waals surface area contributed by atoms with Crippen LogP contribution in [0, 0.1) is 5.82 Å². The van der Waals surface area contributed by atoms with Gasteiger partial charge in [0.05, 0.1) is 0 Å². The number of nitrogens with one attached hydrogen (secondary N) is 1. The Hall–Kier alpha value is -0.940. The minimum Gasteiger partial charge on any atom is -0.362 e. The predicted octanol–water partition coefficient (Wildman–Crippen LogP) is 1.78. The zero-order chi connectivity index (χ0) is 10.8. The number of benzene rings is 1. The van der Waals surface area contributed by atoms with E-state index in [2.05, 4.69) is 21.2 Å². The van der Waals surface area contributed by atoms with E-state index in [1.807, 2.05) is 0 Å². The van der Waals surface area contributed by atoms with Gasteiger partial charge in [0.25, 0.3) is 0 Å². The van der Waals surface area contributed by atoms with Gasteiger partial charge in [-0.2, -0.15) is 0 Å². The van der Waals surface area contributed by atoms with Crippen LogP contribution in [0.3, 0.4) is 0 Å². The van der Waals surface area contributed by atoms with Gasteiger partial charge in [-0.25, -0.2) is 4.39 Å². The lowest BCUT2D eigenvalue weighted by Crippen LogP contribution is -2.38. The maximum absolute atomic E-state index is 13.0. The van der Waals surface area contributed by atoms with Gasteiger partial charge < -0.3 is 10.1 Å². The second-order valence-corrected chi connectivity index (χ2v) is 4.12. The molecule has 1 aliphatic heterocycles. The molecule has 1 aromatic carbocycles. The molecular formula is C10H9BrFNO2. The van der Waals surface area contributed by atoms with Crippen molar-refractivity contribution < 1.29 is 13.9 Å². The standard InChI is InChI=1S/C10H9BrFNO2/c11-8-2-1-6(12)3-7(8)9-4-13-10(14)5-15-9/h1-3,9H,4-5H2,(H,13,14)/t9-/m1/s1. The molecule has 1 aromatic rings. The van der Waals surface area contributed by atoms with Gasteiger partial charge in [-0.1, -0.05) is 15.9 Å². The second-order valence-electron chi connectivity index (χ2n) is 3.27. The normalized spacial score (nSPS) is 21.2. The number of morpholine rings is 1. The Balaban J connectivity index is 2.21. The van der Waals surface area contributed by atoms with Gasteiger partial charge >= 0.3 is 0 Å². The summed E-state index contributed by atoms with van der Waals surface area (Å²) in [6, 6.07) is 4.41. The second kappa shape index (κ2) is 4.28. The highest BCUT2D eigenvalue weighted by Crippen LogP contribution is 2.27. The fraction of sp³-hybridized carbons (Fsp3) is 0.300. The first kappa shape index (κ1) is 10.6. The molecule has 1 amide bonds. The number of carbonyl (C=O) groups excluding carboxylic acids is 1. The fourth-order valence-corrected chi connectivity index (χ4v) is 1.96. The Labute approximate surface area is 94.7 Å². The number of rotatable bonds is 1. The quantitative estimate of drug-likeness (QED) is 0.847. The molecule has 0 aromatic heterocycles. The van der Waals surface area contributed by atoms with E-state index in [4.69, 9.17) is 4.74 Å². The van der Waals surface area contributed by atoms with Gasteiger partial charge in [-0.3, -0.25) is 4.79 Å². The smallest absolute Gasteiger partial charge is 0.246 e. The molecule has 0 bridgehead atoms. The third kappa shape index (κ3) is 2.35. The molecule has 0 radical (unpaired) electrons. The van der Waals surface area contributed by atoms with Crippen LogP contribution in [0.15, 0.2) is 22.7 Å². The van der Waals surface area contributed by atoms with Gasteiger partial charge in [0.2, 0.25) is 5.91 Å². The van der Waals surface area contributed by atoms with Gasteiger partial charge in [0.15, 0.2) is 0 Å². The summed E-state index contributed by atoms with van der Waals surface area (Å²) < 4.78 is 19.1. The summed E-state index contributed by atoms with van der Waals surface area (Å²) in [6.07, 6.45) is -0.284. The van der Waals surface area contributed by atoms with Crippen LogP contribution in [0.2, 0.25) is 0 Å². The third-order valence-corrected chi connectivity index (χ3v) is 2.93. The maximum Gasteiger partial charge on any atom is 0.246 e. The van der Waals surface area contributed by atoms with Crippen LogP contribution < -0.4 is 5.32 Å². The van der Waals surface area contributed by atoms with Crippen LogP contribution >= 0.6 is 15.9 Å². The number of hydrogen-bond donors (Lipinski definition) is 1. The van der Waals surface area contributed by atoms with E-state index in [-0.39, 0.29) is 24.4 Å². The van der Waals surface area contributed by atoms with Crippen LogP contribution in [0.1, 0.15) is 11.7 Å². The van der Waals surface area contributed by atoms with E-state index >= 15 is 0 Å². The van der Waals surface area contributed by atoms with E-state index in [1.54, 1.807) is 6.07 Å². The summed E-state index contributed by atoms with van der Waals surface area (Å²) >= 11 is 3.32. The number of carbonyl (C=O) groups is 1. The number of halogens is 2. The average Bonchev–Trinajstić information content (AvgIpc) is 2.23. The average molecular weight is 274 g/mol. The van der Waals surface area contributed by atoms with Crippen molar-refractivity contribution in [1.82, 2.24) is 5.32 Å². The van der Waals surface area contributed by atoms with Crippen molar-refractivity contribution in [2.75, 3.05) is 13.2 Å². The molecule has 5 heteroatoms. The topological polar surface area (TPSA) is 38.3 Å². The highest BCUT2D eigenvalue weighted by Gasteiger charge is 2.22. The van der Waals surface area contributed by atoms with E-state index in [1.165, 1.54) is 12.1 Å². The molecule has 0 saturated carbocycles. The number of ether oxygens (including phenoxy) is 1. The zero-order valence-electron chi connectivity index (χ0n) is 7.80. The van der Waals surface area contributed by atoms with Crippen LogP contribution in [0.5, 0.6) is 0 Å². The molecule has 0 unspecified atom stereocenters. The van der Waals surface area contributed by atoms with E-state index < -0.39 is 0 Å². The fourth-order valence-electron chi connectivity index (χ4n) is 1.45. The molecule has 0 aliphatic carbocycles. The summed E-state index contributed by atoms with van der Waals surface area (Å²) in [4.78, 5) is 10.9. The molecule has 80 valence electrons. The van der Waals surface area contributed by atoms with Crippen molar-refractivity contribution in [3.05, 3.63) is 34.1 Å². The van der Waals surface area contributed by atoms with Crippen LogP contribution in [0.4, 0.5) is 4.39 Å². The molecular weight excluding hydrogens is 265 g/mol. The first-order chi connectivity index (χ1) is 7.16. The van der Waals surface area contributed by atoms with Crippen LogP contribution in [0.25, 0.3) is 0 Å². The third-order valence-electron chi connectivity index (χ3n) is 2.21. The van der Waals surface area contributed by atoms with Crippen molar-refractivity contribution in [3.8, 4) is 0 Å². The molecule has 1 saturated heterocycles. The summed E-state index contributed by atoms with van der Waals surface area (Å²) in [7, 11) is 0. The van der Waals surface area contributed by atoms with Crippen molar-refractivity contribution in [2.24, 2.45) is 0 Å². The zero-order valence-corrected chi connectivity index (χ0v) is 9.38. The minimum absolute atomic E-state index is 0.0214. The lowest BCUT2D eigenvalue weighted by Gasteiger charge is -2.24. The Morgan fingerprint density at radius 3 is 3.00 bits per heavy atom. The molecule has 1 fully saturated rings. The highest BCUT2D eigenvalue weighted by molar-refractivity contribution is 9.10. The minimum atomic E-state index is -0.311. The van der Waals surface area contributed by atoms with Crippen molar-refractivity contribution in [3.63, 3.8) is 0 Å². The van der Waals surface area contributed by atoms with Gasteiger partial charge in [-0.15, -0.1) is 0 Å². The summed E-state index contributed by atoms with van der Waals surface area (Å²) in [5.74, 6) is -0.451. The Morgan fingerprint density at radius 2 is 2.33 bits per heavy atom. The van der Waals surface area contributed by atoms with E-state index in [9.17, 15) is 9.18 Å². The van der Waals surface area contributed by atoms with E-state index in [0.717, 1.165) is 10.0 Å². The number of hydrogen-bond acceptors (Lipinski definition) is 2. The molecule has 1 aliphatic rings. The van der Waals surface area contributed by atoms with Crippen molar-refractivity contribution in [2.45, 2.75) is 6.10 Å². The van der Waals surface area contributed by atoms with Gasteiger partial charge in [0.1, 0.15) is 18.5 Å². The first-order valence-electron chi connectivity index (χ1n) is 4.50. The molecule has 1 atom stereocenters. The Bertz CT molecular complexity index is 387. The molecule has 15 heavy (non-hydrogen) atoms. The van der Waals surface area contributed by atoms with Crippen LogP contribution in [-0.4, -0.2) is 19.1 Å². The van der Waals surface area contributed by atoms with E-state index in [0.29, 0.717) is 6.54 Å². The SMILES string of the molecule is O=C1CO[C@@H](c2cc(F)ccc2Br)CN1. The van der Waals surface area contributed by atoms with Crippen molar-refractivity contribution >= 4 is 21.8 Å². The van der Waals surface area contributed by atoms with Crippen LogP contribution in [-0.2, 0) is 9.53 Å². The van der Waals surface area contributed by atoms with Gasteiger partial charge in [-0.05, 0) is 23.8 Å². The summed E-state index contributed by atoms with van der Waals surface area (Å²) in [5, 5.41) is 2.67. The van der Waals surface area contributed by atoms with Gasteiger partial charge in [0, 0.05) is 11.0 Å². The Morgan fingerprint density at radius 1 is 1.53 bits per heavy atom. The molecule has 1 N–H and O–H groups in total. The number of amides is 1. The summed E-state index contributed by atoms with van der Waals surface area (Å²) in [5.41, 5.74) is 0.718. The first-order valence-corrected chi connectivity index (χ1v) is 5.29. The maximum atomic E-state index is 13.0. The molecule has 0 spiro atoms. The predicted molar refractivity (Wildman–Crippen MR) is 55.8 cm³/mol. The molecule has 3 nitrogen and oxygen atoms in total. The largest absolute Gasteiger partial charge is 0.362 e. The lowest BCUT2D eigenvalue weighted by atomic mass is 10.1. The highest BCUT2D eigenvalue weighted by atomic mass is 79.9. The summed E-state index contributed by atoms with van der Waals surface area (Å²) in [6.45, 7) is 0.397. The monoisotopic (exact) mass is 273 g/mol. The molecule has 1 heterocycles. The van der Waals surface area contributed by atoms with Crippen molar-refractivity contribution in [1.29, 1.82) is 0 Å².